The Labute approximate surface area is 104 Å². The molecule has 0 atom stereocenters. The van der Waals surface area contributed by atoms with Gasteiger partial charge in [0.1, 0.15) is 10.6 Å². The minimum absolute atomic E-state index is 0.289. The van der Waals surface area contributed by atoms with Gasteiger partial charge in [0.2, 0.25) is 0 Å². The van der Waals surface area contributed by atoms with Crippen LogP contribution in [0.1, 0.15) is 38.7 Å². The molecule has 0 saturated heterocycles. The Balaban J connectivity index is 3.22. The first-order valence-corrected chi connectivity index (χ1v) is 7.72. The first-order chi connectivity index (χ1) is 7.86. The van der Waals surface area contributed by atoms with Crippen molar-refractivity contribution < 1.29 is 13.2 Å². The molecule has 0 fully saturated rings. The van der Waals surface area contributed by atoms with E-state index in [-0.39, 0.29) is 4.90 Å². The molecule has 0 spiro atoms. The maximum absolute atomic E-state index is 11.7. The van der Waals surface area contributed by atoms with Gasteiger partial charge in [-0.15, -0.1) is 0 Å². The minimum atomic E-state index is -3.24. The van der Waals surface area contributed by atoms with Crippen LogP contribution in [0.15, 0.2) is 23.1 Å². The minimum Gasteiger partial charge on any atom is -0.492 e. The predicted molar refractivity (Wildman–Crippen MR) is 69.4 cm³/mol. The second-order valence-electron chi connectivity index (χ2n) is 4.48. The maximum atomic E-state index is 11.7. The van der Waals surface area contributed by atoms with Crippen molar-refractivity contribution in [3.8, 4) is 5.75 Å². The lowest BCUT2D eigenvalue weighted by molar-refractivity contribution is 0.309. The zero-order chi connectivity index (χ0) is 13.1. The van der Waals surface area contributed by atoms with E-state index in [1.54, 1.807) is 12.1 Å². The van der Waals surface area contributed by atoms with Crippen molar-refractivity contribution in [1.29, 1.82) is 0 Å². The maximum Gasteiger partial charge on any atom is 0.179 e. The Bertz CT molecular complexity index is 475. The molecule has 0 aliphatic carbocycles. The van der Waals surface area contributed by atoms with E-state index in [4.69, 9.17) is 4.74 Å². The van der Waals surface area contributed by atoms with E-state index in [1.807, 2.05) is 26.8 Å². The van der Waals surface area contributed by atoms with Gasteiger partial charge in [-0.1, -0.05) is 26.8 Å². The number of hydrogen-bond acceptors (Lipinski definition) is 3. The van der Waals surface area contributed by atoms with Crippen LogP contribution in [0.4, 0.5) is 0 Å². The van der Waals surface area contributed by atoms with Gasteiger partial charge < -0.3 is 4.74 Å². The zero-order valence-corrected chi connectivity index (χ0v) is 11.7. The quantitative estimate of drug-likeness (QED) is 0.813. The van der Waals surface area contributed by atoms with Crippen LogP contribution in [-0.4, -0.2) is 21.3 Å². The summed E-state index contributed by atoms with van der Waals surface area (Å²) in [6, 6.07) is 5.39. The van der Waals surface area contributed by atoms with E-state index < -0.39 is 9.84 Å². The molecule has 0 aliphatic heterocycles. The molecule has 0 radical (unpaired) electrons. The lowest BCUT2D eigenvalue weighted by atomic mass is 10.0. The fourth-order valence-corrected chi connectivity index (χ4v) is 2.35. The smallest absolute Gasteiger partial charge is 0.179 e. The number of rotatable bonds is 5. The Morgan fingerprint density at radius 1 is 1.29 bits per heavy atom. The van der Waals surface area contributed by atoms with Crippen molar-refractivity contribution in [2.75, 3.05) is 12.9 Å². The van der Waals surface area contributed by atoms with Gasteiger partial charge in [0.15, 0.2) is 9.84 Å². The summed E-state index contributed by atoms with van der Waals surface area (Å²) in [5.74, 6) is 0.759. The third-order valence-corrected chi connectivity index (χ3v) is 3.61. The van der Waals surface area contributed by atoms with Crippen molar-refractivity contribution in [3.05, 3.63) is 23.8 Å². The molecule has 0 amide bonds. The molecule has 3 nitrogen and oxygen atoms in total. The van der Waals surface area contributed by atoms with Crippen molar-refractivity contribution in [2.24, 2.45) is 0 Å². The lowest BCUT2D eigenvalue weighted by Gasteiger charge is -2.13. The summed E-state index contributed by atoms with van der Waals surface area (Å²) >= 11 is 0. The molecule has 0 heterocycles. The normalized spacial score (nSPS) is 11.8. The molecular weight excluding hydrogens is 236 g/mol. The van der Waals surface area contributed by atoms with Crippen molar-refractivity contribution in [3.63, 3.8) is 0 Å². The second-order valence-corrected chi connectivity index (χ2v) is 6.47. The van der Waals surface area contributed by atoms with Crippen LogP contribution >= 0.6 is 0 Å². The molecule has 1 aromatic rings. The highest BCUT2D eigenvalue weighted by Crippen LogP contribution is 2.28. The van der Waals surface area contributed by atoms with Crippen molar-refractivity contribution in [1.82, 2.24) is 0 Å². The van der Waals surface area contributed by atoms with Crippen molar-refractivity contribution in [2.45, 2.75) is 38.0 Å². The average molecular weight is 256 g/mol. The topological polar surface area (TPSA) is 43.4 Å². The number of hydrogen-bond donors (Lipinski definition) is 0. The fraction of sp³-hybridized carbons (Fsp3) is 0.538. The molecule has 17 heavy (non-hydrogen) atoms. The van der Waals surface area contributed by atoms with E-state index in [9.17, 15) is 8.42 Å². The monoisotopic (exact) mass is 256 g/mol. The molecule has 0 unspecified atom stereocenters. The molecule has 0 aliphatic rings. The van der Waals surface area contributed by atoms with Crippen LogP contribution in [-0.2, 0) is 9.84 Å². The summed E-state index contributed by atoms with van der Waals surface area (Å²) < 4.78 is 28.9. The van der Waals surface area contributed by atoms with Gasteiger partial charge in [-0.3, -0.25) is 0 Å². The van der Waals surface area contributed by atoms with Gasteiger partial charge in [0, 0.05) is 6.26 Å². The fourth-order valence-electron chi connectivity index (χ4n) is 1.50. The second kappa shape index (κ2) is 5.54. The molecular formula is C13H20O3S. The summed E-state index contributed by atoms with van der Waals surface area (Å²) in [5, 5.41) is 0. The van der Waals surface area contributed by atoms with Crippen LogP contribution in [0, 0.1) is 0 Å². The molecule has 96 valence electrons. The van der Waals surface area contributed by atoms with Gasteiger partial charge in [0.25, 0.3) is 0 Å². The van der Waals surface area contributed by atoms with Crippen LogP contribution < -0.4 is 4.74 Å². The summed E-state index contributed by atoms with van der Waals surface area (Å²) in [4.78, 5) is 0.289. The molecule has 0 bridgehead atoms. The number of sulfone groups is 1. The van der Waals surface area contributed by atoms with Gasteiger partial charge >= 0.3 is 0 Å². The Morgan fingerprint density at radius 2 is 1.94 bits per heavy atom. The third kappa shape index (κ3) is 3.73. The molecule has 1 rings (SSSR count). The summed E-state index contributed by atoms with van der Waals surface area (Å²) in [7, 11) is -3.24. The third-order valence-electron chi connectivity index (χ3n) is 2.50. The Morgan fingerprint density at radius 3 is 2.41 bits per heavy atom. The average Bonchev–Trinajstić information content (AvgIpc) is 2.24. The SMILES string of the molecule is CCCOc1ccc(C(C)C)cc1S(C)(=O)=O. The summed E-state index contributed by atoms with van der Waals surface area (Å²) in [6.07, 6.45) is 2.07. The predicted octanol–water partition coefficient (Wildman–Crippen LogP) is 3.00. The largest absolute Gasteiger partial charge is 0.492 e. The van der Waals surface area contributed by atoms with Gasteiger partial charge in [-0.2, -0.15) is 0 Å². The van der Waals surface area contributed by atoms with Crippen LogP contribution in [0.3, 0.4) is 0 Å². The number of benzene rings is 1. The molecule has 0 aromatic heterocycles. The van der Waals surface area contributed by atoms with Gasteiger partial charge in [0.05, 0.1) is 6.61 Å². The summed E-state index contributed by atoms with van der Waals surface area (Å²) in [6.45, 7) is 6.59. The van der Waals surface area contributed by atoms with Gasteiger partial charge in [-0.05, 0) is 30.0 Å². The summed E-state index contributed by atoms with van der Waals surface area (Å²) in [5.41, 5.74) is 1.01. The van der Waals surface area contributed by atoms with Crippen LogP contribution in [0.5, 0.6) is 5.75 Å². The van der Waals surface area contributed by atoms with Crippen LogP contribution in [0.25, 0.3) is 0 Å². The molecule has 4 heteroatoms. The van der Waals surface area contributed by atoms with E-state index in [0.717, 1.165) is 12.0 Å². The van der Waals surface area contributed by atoms with Gasteiger partial charge in [-0.25, -0.2) is 8.42 Å². The van der Waals surface area contributed by atoms with E-state index >= 15 is 0 Å². The van der Waals surface area contributed by atoms with E-state index in [1.165, 1.54) is 6.26 Å². The lowest BCUT2D eigenvalue weighted by Crippen LogP contribution is -2.05. The Hall–Kier alpha value is -1.03. The first kappa shape index (κ1) is 14.0. The van der Waals surface area contributed by atoms with Crippen molar-refractivity contribution >= 4 is 9.84 Å². The van der Waals surface area contributed by atoms with E-state index in [0.29, 0.717) is 18.3 Å². The Kier molecular flexibility index (Phi) is 4.57. The standard InChI is InChI=1S/C13H20O3S/c1-5-8-16-12-7-6-11(10(2)3)9-13(12)17(4,14)15/h6-7,9-10H,5,8H2,1-4H3. The van der Waals surface area contributed by atoms with Crippen LogP contribution in [0.2, 0.25) is 0 Å². The number of ether oxygens (including phenoxy) is 1. The molecule has 0 N–H and O–H groups in total. The zero-order valence-electron chi connectivity index (χ0n) is 10.9. The van der Waals surface area contributed by atoms with E-state index in [2.05, 4.69) is 0 Å². The molecule has 0 saturated carbocycles. The molecule has 1 aromatic carbocycles. The highest BCUT2D eigenvalue weighted by Gasteiger charge is 2.16. The highest BCUT2D eigenvalue weighted by atomic mass is 32.2. The highest BCUT2D eigenvalue weighted by molar-refractivity contribution is 7.90. The first-order valence-electron chi connectivity index (χ1n) is 5.83.